The third-order valence-corrected chi connectivity index (χ3v) is 3.45. The Labute approximate surface area is 113 Å². The quantitative estimate of drug-likeness (QED) is 0.813. The van der Waals surface area contributed by atoms with Crippen molar-refractivity contribution in [3.8, 4) is 0 Å². The van der Waals surface area contributed by atoms with Gasteiger partial charge in [-0.3, -0.25) is 4.90 Å². The molecule has 0 saturated carbocycles. The van der Waals surface area contributed by atoms with E-state index in [4.69, 9.17) is 0 Å². The summed E-state index contributed by atoms with van der Waals surface area (Å²) in [7, 11) is 2.13. The van der Waals surface area contributed by atoms with Gasteiger partial charge in [-0.1, -0.05) is 0 Å². The summed E-state index contributed by atoms with van der Waals surface area (Å²) in [6.07, 6.45) is 0. The van der Waals surface area contributed by atoms with E-state index in [9.17, 15) is 8.78 Å². The highest BCUT2D eigenvalue weighted by Crippen LogP contribution is 2.07. The smallest absolute Gasteiger partial charge is 0.126 e. The number of likely N-dealkylation sites (N-methyl/N-ethyl adjacent to an activating group) is 1. The molecule has 19 heavy (non-hydrogen) atoms. The lowest BCUT2D eigenvalue weighted by Crippen LogP contribution is -2.46. The van der Waals surface area contributed by atoms with Crippen molar-refractivity contribution < 1.29 is 8.78 Å². The molecular formula is C14H21F2N3. The van der Waals surface area contributed by atoms with E-state index in [2.05, 4.69) is 22.2 Å². The maximum absolute atomic E-state index is 13.0. The number of hydrogen-bond acceptors (Lipinski definition) is 3. The Bertz CT molecular complexity index is 383. The van der Waals surface area contributed by atoms with Crippen LogP contribution in [0, 0.1) is 11.6 Å². The molecule has 1 fully saturated rings. The monoisotopic (exact) mass is 269 g/mol. The number of rotatable bonds is 5. The predicted molar refractivity (Wildman–Crippen MR) is 72.0 cm³/mol. The number of benzene rings is 1. The summed E-state index contributed by atoms with van der Waals surface area (Å²) in [6.45, 7) is 6.71. The molecule has 0 unspecified atom stereocenters. The molecule has 2 rings (SSSR count). The number of nitrogens with one attached hydrogen (secondary N) is 1. The summed E-state index contributed by atoms with van der Waals surface area (Å²) in [4.78, 5) is 4.72. The van der Waals surface area contributed by atoms with E-state index in [-0.39, 0.29) is 0 Å². The van der Waals surface area contributed by atoms with Crippen LogP contribution in [-0.2, 0) is 6.54 Å². The molecule has 0 spiro atoms. The molecule has 1 aromatic carbocycles. The van der Waals surface area contributed by atoms with E-state index in [1.54, 1.807) is 0 Å². The van der Waals surface area contributed by atoms with Crippen LogP contribution in [0.1, 0.15) is 5.56 Å². The second-order valence-corrected chi connectivity index (χ2v) is 5.10. The Morgan fingerprint density at radius 2 is 1.68 bits per heavy atom. The van der Waals surface area contributed by atoms with Gasteiger partial charge in [-0.05, 0) is 24.7 Å². The maximum Gasteiger partial charge on any atom is 0.126 e. The van der Waals surface area contributed by atoms with Crippen molar-refractivity contribution in [2.24, 2.45) is 0 Å². The minimum absolute atomic E-state index is 0.502. The average Bonchev–Trinajstić information content (AvgIpc) is 2.36. The molecule has 1 saturated heterocycles. The predicted octanol–water partition coefficient (Wildman–Crippen LogP) is 1.30. The van der Waals surface area contributed by atoms with Crippen LogP contribution >= 0.6 is 0 Å². The van der Waals surface area contributed by atoms with Gasteiger partial charge < -0.3 is 10.2 Å². The summed E-state index contributed by atoms with van der Waals surface area (Å²) < 4.78 is 26.0. The lowest BCUT2D eigenvalue weighted by molar-refractivity contribution is 0.154. The molecule has 3 nitrogen and oxygen atoms in total. The summed E-state index contributed by atoms with van der Waals surface area (Å²) in [5.41, 5.74) is 0.649. The molecule has 0 bridgehead atoms. The van der Waals surface area contributed by atoms with E-state index >= 15 is 0 Å². The molecule has 0 amide bonds. The van der Waals surface area contributed by atoms with E-state index < -0.39 is 11.6 Å². The van der Waals surface area contributed by atoms with Crippen molar-refractivity contribution in [3.05, 3.63) is 35.4 Å². The van der Waals surface area contributed by atoms with Gasteiger partial charge in [-0.25, -0.2) is 8.78 Å². The van der Waals surface area contributed by atoms with Gasteiger partial charge >= 0.3 is 0 Å². The van der Waals surface area contributed by atoms with Crippen LogP contribution < -0.4 is 5.32 Å². The first kappa shape index (κ1) is 14.4. The fourth-order valence-electron chi connectivity index (χ4n) is 2.25. The Balaban J connectivity index is 1.66. The molecule has 1 heterocycles. The zero-order valence-corrected chi connectivity index (χ0v) is 11.3. The van der Waals surface area contributed by atoms with Gasteiger partial charge in [-0.2, -0.15) is 0 Å². The van der Waals surface area contributed by atoms with Crippen LogP contribution in [0.2, 0.25) is 0 Å². The van der Waals surface area contributed by atoms with Gasteiger partial charge in [0.1, 0.15) is 11.6 Å². The van der Waals surface area contributed by atoms with Crippen molar-refractivity contribution in [2.75, 3.05) is 46.3 Å². The fraction of sp³-hybridized carbons (Fsp3) is 0.571. The minimum atomic E-state index is -0.518. The lowest BCUT2D eigenvalue weighted by Gasteiger charge is -2.32. The molecule has 0 aliphatic carbocycles. The maximum atomic E-state index is 13.0. The Morgan fingerprint density at radius 1 is 1.05 bits per heavy atom. The van der Waals surface area contributed by atoms with Crippen molar-refractivity contribution in [3.63, 3.8) is 0 Å². The number of nitrogens with zero attached hydrogens (tertiary/aromatic N) is 2. The molecule has 0 aromatic heterocycles. The number of halogens is 2. The summed E-state index contributed by atoms with van der Waals surface area (Å²) in [5, 5.41) is 3.23. The topological polar surface area (TPSA) is 18.5 Å². The Kier molecular flexibility index (Phi) is 5.24. The standard InChI is InChI=1S/C14H21F2N3/c1-18-4-6-19(7-5-18)3-2-17-11-12-8-13(15)10-14(16)9-12/h8-10,17H,2-7,11H2,1H3. The van der Waals surface area contributed by atoms with Crippen molar-refractivity contribution in [1.82, 2.24) is 15.1 Å². The molecular weight excluding hydrogens is 248 g/mol. The van der Waals surface area contributed by atoms with Crippen LogP contribution in [0.25, 0.3) is 0 Å². The van der Waals surface area contributed by atoms with Crippen LogP contribution in [0.3, 0.4) is 0 Å². The van der Waals surface area contributed by atoms with E-state index in [1.807, 2.05) is 0 Å². The minimum Gasteiger partial charge on any atom is -0.311 e. The zero-order chi connectivity index (χ0) is 13.7. The first-order valence-corrected chi connectivity index (χ1v) is 6.70. The van der Waals surface area contributed by atoms with E-state index in [1.165, 1.54) is 12.1 Å². The molecule has 5 heteroatoms. The van der Waals surface area contributed by atoms with Gasteiger partial charge in [0, 0.05) is 51.9 Å². The van der Waals surface area contributed by atoms with Gasteiger partial charge in [0.05, 0.1) is 0 Å². The first-order chi connectivity index (χ1) is 9.13. The first-order valence-electron chi connectivity index (χ1n) is 6.70. The van der Waals surface area contributed by atoms with E-state index in [0.29, 0.717) is 12.1 Å². The molecule has 1 N–H and O–H groups in total. The summed E-state index contributed by atoms with van der Waals surface area (Å²) >= 11 is 0. The van der Waals surface area contributed by atoms with Gasteiger partial charge in [0.2, 0.25) is 0 Å². The largest absolute Gasteiger partial charge is 0.311 e. The van der Waals surface area contributed by atoms with Crippen LogP contribution in [0.4, 0.5) is 8.78 Å². The molecule has 1 aliphatic rings. The lowest BCUT2D eigenvalue weighted by atomic mass is 10.2. The van der Waals surface area contributed by atoms with Gasteiger partial charge in [0.15, 0.2) is 0 Å². The molecule has 0 atom stereocenters. The molecule has 1 aliphatic heterocycles. The third-order valence-electron chi connectivity index (χ3n) is 3.45. The normalized spacial score (nSPS) is 17.8. The molecule has 106 valence electrons. The average molecular weight is 269 g/mol. The highest BCUT2D eigenvalue weighted by molar-refractivity contribution is 5.17. The zero-order valence-electron chi connectivity index (χ0n) is 11.3. The van der Waals surface area contributed by atoms with Crippen LogP contribution in [-0.4, -0.2) is 56.1 Å². The Hall–Kier alpha value is -1.04. The number of piperazine rings is 1. The SMILES string of the molecule is CN1CCN(CCNCc2cc(F)cc(F)c2)CC1. The second-order valence-electron chi connectivity index (χ2n) is 5.10. The third kappa shape index (κ3) is 4.86. The Morgan fingerprint density at radius 3 is 2.32 bits per heavy atom. The highest BCUT2D eigenvalue weighted by atomic mass is 19.1. The summed E-state index contributed by atoms with van der Waals surface area (Å²) in [6, 6.07) is 3.63. The molecule has 0 radical (unpaired) electrons. The van der Waals surface area contributed by atoms with Crippen molar-refractivity contribution in [1.29, 1.82) is 0 Å². The highest BCUT2D eigenvalue weighted by Gasteiger charge is 2.12. The van der Waals surface area contributed by atoms with Crippen molar-refractivity contribution >= 4 is 0 Å². The molecule has 1 aromatic rings. The number of hydrogen-bond donors (Lipinski definition) is 1. The van der Waals surface area contributed by atoms with Crippen molar-refractivity contribution in [2.45, 2.75) is 6.54 Å². The summed E-state index contributed by atoms with van der Waals surface area (Å²) in [5.74, 6) is -1.04. The van der Waals surface area contributed by atoms with Gasteiger partial charge in [-0.15, -0.1) is 0 Å². The van der Waals surface area contributed by atoms with E-state index in [0.717, 1.165) is 45.3 Å². The van der Waals surface area contributed by atoms with Gasteiger partial charge in [0.25, 0.3) is 0 Å². The second kappa shape index (κ2) is 6.93. The van der Waals surface area contributed by atoms with Crippen LogP contribution in [0.15, 0.2) is 18.2 Å². The van der Waals surface area contributed by atoms with Crippen LogP contribution in [0.5, 0.6) is 0 Å². The fourth-order valence-corrected chi connectivity index (χ4v) is 2.25.